The molecule has 0 unspecified atom stereocenters. The lowest BCUT2D eigenvalue weighted by molar-refractivity contribution is 0.102. The molecule has 0 saturated heterocycles. The lowest BCUT2D eigenvalue weighted by Gasteiger charge is -2.13. The second-order valence-electron chi connectivity index (χ2n) is 6.74. The molecule has 1 aromatic carbocycles. The molecule has 0 radical (unpaired) electrons. The largest absolute Gasteiger partial charge is 0.454 e. The summed E-state index contributed by atoms with van der Waals surface area (Å²) in [6.45, 7) is 1.04. The van der Waals surface area contributed by atoms with Crippen molar-refractivity contribution in [2.75, 3.05) is 24.0 Å². The zero-order chi connectivity index (χ0) is 18.5. The van der Waals surface area contributed by atoms with E-state index < -0.39 is 0 Å². The molecule has 1 aliphatic carbocycles. The topological polar surface area (TPSA) is 72.5 Å². The molecule has 2 heterocycles. The molecule has 2 aromatic rings. The Hall–Kier alpha value is -3.02. The lowest BCUT2D eigenvalue weighted by atomic mass is 9.97. The van der Waals surface area contributed by atoms with Gasteiger partial charge in [0.15, 0.2) is 11.5 Å². The molecule has 1 amide bonds. The zero-order valence-electron chi connectivity index (χ0n) is 15.2. The van der Waals surface area contributed by atoms with Crippen LogP contribution in [0.5, 0.6) is 11.5 Å². The summed E-state index contributed by atoms with van der Waals surface area (Å²) in [5.74, 6) is 1.86. The van der Waals surface area contributed by atoms with Crippen LogP contribution in [-0.2, 0) is 0 Å². The number of fused-ring (bicyclic) bond motifs is 1. The fourth-order valence-electron chi connectivity index (χ4n) is 3.33. The Balaban J connectivity index is 1.35. The van der Waals surface area contributed by atoms with E-state index in [1.54, 1.807) is 36.5 Å². The summed E-state index contributed by atoms with van der Waals surface area (Å²) in [7, 11) is 0. The van der Waals surface area contributed by atoms with E-state index in [1.807, 2.05) is 0 Å². The van der Waals surface area contributed by atoms with Crippen LogP contribution in [0.2, 0.25) is 0 Å². The number of allylic oxidation sites excluding steroid dienone is 1. The van der Waals surface area contributed by atoms with Crippen molar-refractivity contribution in [3.8, 4) is 11.5 Å². The molecule has 4 rings (SSSR count). The van der Waals surface area contributed by atoms with Gasteiger partial charge in [0.2, 0.25) is 6.79 Å². The van der Waals surface area contributed by atoms with Crippen LogP contribution < -0.4 is 20.1 Å². The van der Waals surface area contributed by atoms with Crippen molar-refractivity contribution >= 4 is 17.4 Å². The van der Waals surface area contributed by atoms with Gasteiger partial charge in [-0.1, -0.05) is 11.6 Å². The van der Waals surface area contributed by atoms with Gasteiger partial charge < -0.3 is 20.1 Å². The van der Waals surface area contributed by atoms with Crippen LogP contribution in [0.1, 0.15) is 42.5 Å². The van der Waals surface area contributed by atoms with Crippen molar-refractivity contribution in [1.29, 1.82) is 0 Å². The number of amides is 1. The number of aromatic nitrogens is 1. The van der Waals surface area contributed by atoms with E-state index in [-0.39, 0.29) is 12.7 Å². The molecule has 0 atom stereocenters. The number of pyridine rings is 1. The van der Waals surface area contributed by atoms with E-state index in [2.05, 4.69) is 21.7 Å². The predicted molar refractivity (Wildman–Crippen MR) is 104 cm³/mol. The third-order valence-electron chi connectivity index (χ3n) is 4.79. The molecule has 1 aliphatic heterocycles. The van der Waals surface area contributed by atoms with Gasteiger partial charge in [-0.05, 0) is 56.4 Å². The summed E-state index contributed by atoms with van der Waals surface area (Å²) in [5, 5.41) is 6.20. The van der Waals surface area contributed by atoms with Crippen molar-refractivity contribution in [3.05, 3.63) is 53.7 Å². The first-order chi connectivity index (χ1) is 13.3. The van der Waals surface area contributed by atoms with Gasteiger partial charge in [-0.15, -0.1) is 0 Å². The second-order valence-corrected chi connectivity index (χ2v) is 6.74. The summed E-state index contributed by atoms with van der Waals surface area (Å²) >= 11 is 0. The molecule has 0 saturated carbocycles. The van der Waals surface area contributed by atoms with Crippen molar-refractivity contribution in [3.63, 3.8) is 0 Å². The van der Waals surface area contributed by atoms with E-state index in [9.17, 15) is 4.79 Å². The Labute approximate surface area is 158 Å². The van der Waals surface area contributed by atoms with E-state index in [4.69, 9.17) is 9.47 Å². The van der Waals surface area contributed by atoms with E-state index in [0.717, 1.165) is 13.0 Å². The third-order valence-corrected chi connectivity index (χ3v) is 4.79. The van der Waals surface area contributed by atoms with Crippen LogP contribution >= 0.6 is 0 Å². The average molecular weight is 365 g/mol. The first-order valence-corrected chi connectivity index (χ1v) is 9.37. The van der Waals surface area contributed by atoms with Crippen LogP contribution in [0.25, 0.3) is 0 Å². The first kappa shape index (κ1) is 17.4. The monoisotopic (exact) mass is 365 g/mol. The highest BCUT2D eigenvalue weighted by Gasteiger charge is 2.15. The molecule has 6 heteroatoms. The van der Waals surface area contributed by atoms with Crippen molar-refractivity contribution < 1.29 is 14.3 Å². The van der Waals surface area contributed by atoms with Gasteiger partial charge in [0.25, 0.3) is 5.91 Å². The number of nitrogens with zero attached hydrogens (tertiary/aromatic N) is 1. The minimum Gasteiger partial charge on any atom is -0.454 e. The minimum atomic E-state index is -0.186. The van der Waals surface area contributed by atoms with Crippen molar-refractivity contribution in [2.24, 2.45) is 0 Å². The van der Waals surface area contributed by atoms with Crippen molar-refractivity contribution in [1.82, 2.24) is 4.98 Å². The molecule has 1 aromatic heterocycles. The average Bonchev–Trinajstić information content (AvgIpc) is 3.17. The number of hydrogen-bond donors (Lipinski definition) is 2. The highest BCUT2D eigenvalue weighted by Crippen LogP contribution is 2.34. The van der Waals surface area contributed by atoms with Crippen LogP contribution in [0, 0.1) is 0 Å². The maximum Gasteiger partial charge on any atom is 0.255 e. The first-order valence-electron chi connectivity index (χ1n) is 9.37. The molecule has 0 fully saturated rings. The third kappa shape index (κ3) is 4.39. The van der Waals surface area contributed by atoms with Crippen LogP contribution in [0.15, 0.2) is 48.2 Å². The number of nitrogens with one attached hydrogen (secondary N) is 2. The number of rotatable bonds is 6. The molecular formula is C21H23N3O3. The fraction of sp³-hybridized carbons (Fsp3) is 0.333. The summed E-state index contributed by atoms with van der Waals surface area (Å²) in [6, 6.07) is 8.83. The highest BCUT2D eigenvalue weighted by molar-refractivity contribution is 6.04. The fourth-order valence-corrected chi connectivity index (χ4v) is 3.33. The summed E-state index contributed by atoms with van der Waals surface area (Å²) in [4.78, 5) is 16.9. The Morgan fingerprint density at radius 2 is 2.04 bits per heavy atom. The minimum absolute atomic E-state index is 0.186. The molecular weight excluding hydrogens is 342 g/mol. The summed E-state index contributed by atoms with van der Waals surface area (Å²) < 4.78 is 10.6. The van der Waals surface area contributed by atoms with Gasteiger partial charge >= 0.3 is 0 Å². The molecule has 2 aliphatic rings. The van der Waals surface area contributed by atoms with Crippen LogP contribution in [-0.4, -0.2) is 24.2 Å². The predicted octanol–water partition coefficient (Wildman–Crippen LogP) is 4.37. The number of hydrogen-bond acceptors (Lipinski definition) is 5. The normalized spacial score (nSPS) is 15.2. The molecule has 140 valence electrons. The Bertz CT molecular complexity index is 864. The van der Waals surface area contributed by atoms with Gasteiger partial charge in [-0.2, -0.15) is 0 Å². The maximum absolute atomic E-state index is 12.5. The smallest absolute Gasteiger partial charge is 0.255 e. The molecule has 27 heavy (non-hydrogen) atoms. The molecule has 0 spiro atoms. The van der Waals surface area contributed by atoms with Gasteiger partial charge in [0, 0.05) is 30.1 Å². The summed E-state index contributed by atoms with van der Waals surface area (Å²) in [5.41, 5.74) is 2.74. The van der Waals surface area contributed by atoms with Gasteiger partial charge in [0.1, 0.15) is 5.82 Å². The van der Waals surface area contributed by atoms with Crippen molar-refractivity contribution in [2.45, 2.75) is 32.1 Å². The molecule has 0 bridgehead atoms. The number of carbonyl (C=O) groups is 1. The molecule has 6 nitrogen and oxygen atoms in total. The Morgan fingerprint density at radius 3 is 2.93 bits per heavy atom. The van der Waals surface area contributed by atoms with E-state index in [1.165, 1.54) is 31.3 Å². The standard InChI is InChI=1S/C21H23N3O3/c25-21(24-17-6-7-18-19(13-17)27-14-26-18)16-9-11-23-20(12-16)22-10-8-15-4-2-1-3-5-15/h4,6-7,9,11-13H,1-3,5,8,10,14H2,(H,22,23)(H,24,25). The maximum atomic E-state index is 12.5. The van der Waals surface area contributed by atoms with Gasteiger partial charge in [-0.3, -0.25) is 4.79 Å². The number of carbonyl (C=O) groups excluding carboxylic acids is 1. The Kier molecular flexibility index (Phi) is 5.23. The van der Waals surface area contributed by atoms with Crippen LogP contribution in [0.3, 0.4) is 0 Å². The summed E-state index contributed by atoms with van der Waals surface area (Å²) in [6.07, 6.45) is 10.0. The van der Waals surface area contributed by atoms with Gasteiger partial charge in [-0.25, -0.2) is 4.98 Å². The lowest BCUT2D eigenvalue weighted by Crippen LogP contribution is -2.13. The molecule has 2 N–H and O–H groups in total. The SMILES string of the molecule is O=C(Nc1ccc2c(c1)OCO2)c1ccnc(NCCC2=CCCCC2)c1. The Morgan fingerprint density at radius 1 is 1.11 bits per heavy atom. The van der Waals surface area contributed by atoms with Gasteiger partial charge in [0.05, 0.1) is 0 Å². The van der Waals surface area contributed by atoms with Crippen LogP contribution in [0.4, 0.5) is 11.5 Å². The number of benzene rings is 1. The highest BCUT2D eigenvalue weighted by atomic mass is 16.7. The number of ether oxygens (including phenoxy) is 2. The van der Waals surface area contributed by atoms with E-state index in [0.29, 0.717) is 28.6 Å². The number of anilines is 2. The van der Waals surface area contributed by atoms with E-state index >= 15 is 0 Å². The zero-order valence-corrected chi connectivity index (χ0v) is 15.2. The quantitative estimate of drug-likeness (QED) is 0.744. The second kappa shape index (κ2) is 8.12.